The van der Waals surface area contributed by atoms with Crippen LogP contribution in [0.2, 0.25) is 0 Å². The van der Waals surface area contributed by atoms with Crippen molar-refractivity contribution in [2.45, 2.75) is 6.92 Å². The van der Waals surface area contributed by atoms with Crippen LogP contribution in [0.5, 0.6) is 11.6 Å². The molecular formula is C20H16FN3O3. The number of nitrogens with zero attached hydrogens (tertiary/aromatic N) is 1. The molecule has 0 aliphatic rings. The van der Waals surface area contributed by atoms with Gasteiger partial charge in [-0.2, -0.15) is 0 Å². The number of pyridine rings is 1. The van der Waals surface area contributed by atoms with Gasteiger partial charge in [-0.05, 0) is 61.0 Å². The first kappa shape index (κ1) is 18.1. The number of halogens is 1. The number of aromatic nitrogens is 1. The number of carbonyl (C=O) groups excluding carboxylic acids is 2. The molecule has 0 unspecified atom stereocenters. The van der Waals surface area contributed by atoms with Gasteiger partial charge >= 0.3 is 0 Å². The number of nitrogens with two attached hydrogens (primary N) is 1. The highest BCUT2D eigenvalue weighted by Gasteiger charge is 2.16. The highest BCUT2D eigenvalue weighted by molar-refractivity contribution is 6.06. The SMILES string of the molecule is Cc1cc(F)ccc1Oc1ncccc1C(=O)Nc1cccc(C(N)=O)c1. The molecule has 3 N–H and O–H groups in total. The third-order valence-corrected chi connectivity index (χ3v) is 3.76. The predicted molar refractivity (Wildman–Crippen MR) is 98.4 cm³/mol. The van der Waals surface area contributed by atoms with Gasteiger partial charge in [0.2, 0.25) is 11.8 Å². The first-order valence-electron chi connectivity index (χ1n) is 8.04. The standard InChI is InChI=1S/C20H16FN3O3/c1-12-10-14(21)7-8-17(12)27-20-16(6-3-9-23-20)19(26)24-15-5-2-4-13(11-15)18(22)25/h2-11H,1H3,(H2,22,25)(H,24,26). The topological polar surface area (TPSA) is 94.3 Å². The van der Waals surface area contributed by atoms with E-state index in [0.717, 1.165) is 0 Å². The number of rotatable bonds is 5. The highest BCUT2D eigenvalue weighted by atomic mass is 19.1. The van der Waals surface area contributed by atoms with Gasteiger partial charge in [0.05, 0.1) is 0 Å². The van der Waals surface area contributed by atoms with Crippen LogP contribution in [0, 0.1) is 12.7 Å². The fraction of sp³-hybridized carbons (Fsp3) is 0.0500. The summed E-state index contributed by atoms with van der Waals surface area (Å²) in [5.41, 5.74) is 6.69. The molecule has 0 aliphatic carbocycles. The molecule has 0 bridgehead atoms. The Morgan fingerprint density at radius 3 is 2.67 bits per heavy atom. The minimum absolute atomic E-state index is 0.0794. The zero-order valence-corrected chi connectivity index (χ0v) is 14.4. The van der Waals surface area contributed by atoms with Crippen LogP contribution >= 0.6 is 0 Å². The summed E-state index contributed by atoms with van der Waals surface area (Å²) in [5.74, 6) is -0.980. The third kappa shape index (κ3) is 4.27. The summed E-state index contributed by atoms with van der Waals surface area (Å²) in [6, 6.07) is 13.5. The monoisotopic (exact) mass is 365 g/mol. The van der Waals surface area contributed by atoms with Crippen molar-refractivity contribution < 1.29 is 18.7 Å². The average molecular weight is 365 g/mol. The molecule has 0 atom stereocenters. The van der Waals surface area contributed by atoms with E-state index >= 15 is 0 Å². The molecule has 3 aromatic rings. The summed E-state index contributed by atoms with van der Waals surface area (Å²) < 4.78 is 19.0. The van der Waals surface area contributed by atoms with Crippen LogP contribution in [0.15, 0.2) is 60.8 Å². The molecule has 0 fully saturated rings. The van der Waals surface area contributed by atoms with Crippen molar-refractivity contribution in [2.24, 2.45) is 5.73 Å². The molecule has 27 heavy (non-hydrogen) atoms. The number of amides is 2. The van der Waals surface area contributed by atoms with Gasteiger partial charge in [-0.1, -0.05) is 6.07 Å². The maximum absolute atomic E-state index is 13.3. The largest absolute Gasteiger partial charge is 0.438 e. The smallest absolute Gasteiger partial charge is 0.261 e. The fourth-order valence-corrected chi connectivity index (χ4v) is 2.43. The van der Waals surface area contributed by atoms with Crippen LogP contribution < -0.4 is 15.8 Å². The molecule has 0 aliphatic heterocycles. The second-order valence-electron chi connectivity index (χ2n) is 5.77. The Kier molecular flexibility index (Phi) is 5.12. The summed E-state index contributed by atoms with van der Waals surface area (Å²) in [4.78, 5) is 28.0. The van der Waals surface area contributed by atoms with Crippen LogP contribution in [0.4, 0.5) is 10.1 Å². The molecule has 0 saturated carbocycles. The van der Waals surface area contributed by atoms with Crippen LogP contribution in [-0.2, 0) is 0 Å². The molecule has 3 rings (SSSR count). The Bertz CT molecular complexity index is 1020. The lowest BCUT2D eigenvalue weighted by molar-refractivity contribution is 0.0995. The molecule has 7 heteroatoms. The number of hydrogen-bond donors (Lipinski definition) is 2. The van der Waals surface area contributed by atoms with E-state index < -0.39 is 11.8 Å². The van der Waals surface area contributed by atoms with Gasteiger partial charge in [0, 0.05) is 17.4 Å². The van der Waals surface area contributed by atoms with Crippen molar-refractivity contribution in [3.63, 3.8) is 0 Å². The van der Waals surface area contributed by atoms with Gasteiger partial charge in [0.15, 0.2) is 0 Å². The number of carbonyl (C=O) groups is 2. The Hall–Kier alpha value is -3.74. The van der Waals surface area contributed by atoms with E-state index in [1.807, 2.05) is 0 Å². The number of nitrogens with one attached hydrogen (secondary N) is 1. The average Bonchev–Trinajstić information content (AvgIpc) is 2.64. The number of primary amides is 1. The van der Waals surface area contributed by atoms with Gasteiger partial charge < -0.3 is 15.8 Å². The van der Waals surface area contributed by atoms with Crippen molar-refractivity contribution in [1.82, 2.24) is 4.98 Å². The summed E-state index contributed by atoms with van der Waals surface area (Å²) in [5, 5.41) is 2.68. The van der Waals surface area contributed by atoms with E-state index in [1.54, 1.807) is 37.3 Å². The molecule has 0 radical (unpaired) electrons. The van der Waals surface area contributed by atoms with E-state index in [9.17, 15) is 14.0 Å². The van der Waals surface area contributed by atoms with Crippen LogP contribution in [0.25, 0.3) is 0 Å². The summed E-state index contributed by atoms with van der Waals surface area (Å²) in [6.07, 6.45) is 1.48. The zero-order valence-electron chi connectivity index (χ0n) is 14.4. The second kappa shape index (κ2) is 7.65. The lowest BCUT2D eigenvalue weighted by Gasteiger charge is -2.12. The number of hydrogen-bond acceptors (Lipinski definition) is 4. The highest BCUT2D eigenvalue weighted by Crippen LogP contribution is 2.27. The van der Waals surface area contributed by atoms with Crippen molar-refractivity contribution in [1.29, 1.82) is 0 Å². The van der Waals surface area contributed by atoms with E-state index in [-0.39, 0.29) is 22.8 Å². The van der Waals surface area contributed by atoms with Gasteiger partial charge in [-0.15, -0.1) is 0 Å². The van der Waals surface area contributed by atoms with E-state index in [2.05, 4.69) is 10.3 Å². The Labute approximate surface area is 154 Å². The Balaban J connectivity index is 1.86. The normalized spacial score (nSPS) is 10.3. The van der Waals surface area contributed by atoms with Crippen LogP contribution in [0.3, 0.4) is 0 Å². The van der Waals surface area contributed by atoms with Gasteiger partial charge in [0.25, 0.3) is 5.91 Å². The minimum atomic E-state index is -0.594. The first-order chi connectivity index (χ1) is 12.9. The van der Waals surface area contributed by atoms with Crippen LogP contribution in [0.1, 0.15) is 26.3 Å². The summed E-state index contributed by atoms with van der Waals surface area (Å²) in [6.45, 7) is 1.69. The van der Waals surface area contributed by atoms with E-state index in [0.29, 0.717) is 17.0 Å². The zero-order chi connectivity index (χ0) is 19.4. The molecule has 0 spiro atoms. The number of ether oxygens (including phenoxy) is 1. The molecule has 6 nitrogen and oxygen atoms in total. The maximum atomic E-state index is 13.3. The van der Waals surface area contributed by atoms with Gasteiger partial charge in [-0.25, -0.2) is 9.37 Å². The van der Waals surface area contributed by atoms with Crippen LogP contribution in [-0.4, -0.2) is 16.8 Å². The lowest BCUT2D eigenvalue weighted by atomic mass is 10.2. The quantitative estimate of drug-likeness (QED) is 0.721. The second-order valence-corrected chi connectivity index (χ2v) is 5.77. The number of benzene rings is 2. The lowest BCUT2D eigenvalue weighted by Crippen LogP contribution is -2.15. The molecular weight excluding hydrogens is 349 g/mol. The van der Waals surface area contributed by atoms with E-state index in [1.165, 1.54) is 30.5 Å². The van der Waals surface area contributed by atoms with Gasteiger partial charge in [0.1, 0.15) is 17.1 Å². The van der Waals surface area contributed by atoms with Gasteiger partial charge in [-0.3, -0.25) is 9.59 Å². The number of anilines is 1. The fourth-order valence-electron chi connectivity index (χ4n) is 2.43. The Morgan fingerprint density at radius 1 is 1.11 bits per heavy atom. The summed E-state index contributed by atoms with van der Waals surface area (Å²) in [7, 11) is 0. The molecule has 1 aromatic heterocycles. The molecule has 1 heterocycles. The van der Waals surface area contributed by atoms with Crippen molar-refractivity contribution in [3.05, 3.63) is 83.3 Å². The molecule has 136 valence electrons. The van der Waals surface area contributed by atoms with Crippen molar-refractivity contribution >= 4 is 17.5 Å². The molecule has 2 amide bonds. The van der Waals surface area contributed by atoms with E-state index in [4.69, 9.17) is 10.5 Å². The maximum Gasteiger partial charge on any atom is 0.261 e. The Morgan fingerprint density at radius 2 is 1.93 bits per heavy atom. The third-order valence-electron chi connectivity index (χ3n) is 3.76. The predicted octanol–water partition coefficient (Wildman–Crippen LogP) is 3.67. The molecule has 0 saturated heterocycles. The summed E-state index contributed by atoms with van der Waals surface area (Å²) >= 11 is 0. The minimum Gasteiger partial charge on any atom is -0.438 e. The van der Waals surface area contributed by atoms with Crippen molar-refractivity contribution in [2.75, 3.05) is 5.32 Å². The molecule has 2 aromatic carbocycles. The number of aryl methyl sites for hydroxylation is 1. The van der Waals surface area contributed by atoms with Crippen molar-refractivity contribution in [3.8, 4) is 11.6 Å². The first-order valence-corrected chi connectivity index (χ1v) is 8.04.